The molecule has 0 saturated heterocycles. The standard InChI is InChI=1S/C13H14N3/c1-10-9-11(2)16-13(10)7-6-12-5-3-4-8-15(12)14-16/h3-9,14H,1-2H3/q+1. The Hall–Kier alpha value is -2.03. The van der Waals surface area contributed by atoms with Gasteiger partial charge in [0.25, 0.3) is 0 Å². The largest absolute Gasteiger partial charge is 0.156 e. The van der Waals surface area contributed by atoms with Crippen LogP contribution in [0, 0.1) is 13.8 Å². The summed E-state index contributed by atoms with van der Waals surface area (Å²) in [5.41, 5.74) is 8.21. The second-order valence-corrected chi connectivity index (χ2v) is 4.12. The average molecular weight is 212 g/mol. The van der Waals surface area contributed by atoms with Crippen LogP contribution in [0.15, 0.2) is 30.5 Å². The van der Waals surface area contributed by atoms with Crippen LogP contribution >= 0.6 is 0 Å². The first kappa shape index (κ1) is 9.21. The normalized spacial score (nSPS) is 12.6. The van der Waals surface area contributed by atoms with Crippen LogP contribution in [0.25, 0.3) is 12.2 Å². The molecule has 3 heterocycles. The Labute approximate surface area is 94.6 Å². The van der Waals surface area contributed by atoms with Crippen LogP contribution in [0.2, 0.25) is 0 Å². The number of hydrogen-bond acceptors (Lipinski definition) is 1. The van der Waals surface area contributed by atoms with E-state index in [4.69, 9.17) is 0 Å². The van der Waals surface area contributed by atoms with Crippen LogP contribution < -0.4 is 10.2 Å². The molecule has 0 spiro atoms. The predicted octanol–water partition coefficient (Wildman–Crippen LogP) is 1.88. The topological polar surface area (TPSA) is 20.8 Å². The van der Waals surface area contributed by atoms with Crippen LogP contribution in [0.5, 0.6) is 0 Å². The molecule has 3 rings (SSSR count). The first-order valence-corrected chi connectivity index (χ1v) is 5.40. The van der Waals surface area contributed by atoms with E-state index in [0.29, 0.717) is 0 Å². The van der Waals surface area contributed by atoms with Gasteiger partial charge < -0.3 is 0 Å². The zero-order chi connectivity index (χ0) is 11.1. The molecule has 80 valence electrons. The number of pyridine rings is 1. The molecule has 2 aromatic heterocycles. The third-order valence-electron chi connectivity index (χ3n) is 2.93. The Kier molecular flexibility index (Phi) is 1.86. The van der Waals surface area contributed by atoms with Gasteiger partial charge >= 0.3 is 0 Å². The van der Waals surface area contributed by atoms with Crippen molar-refractivity contribution >= 4 is 12.2 Å². The zero-order valence-electron chi connectivity index (χ0n) is 9.44. The summed E-state index contributed by atoms with van der Waals surface area (Å²) in [5, 5.41) is 0. The van der Waals surface area contributed by atoms with Gasteiger partial charge in [-0.15, -0.1) is 9.35 Å². The van der Waals surface area contributed by atoms with Crippen molar-refractivity contribution in [1.29, 1.82) is 0 Å². The van der Waals surface area contributed by atoms with E-state index in [0.717, 1.165) is 5.69 Å². The van der Waals surface area contributed by atoms with E-state index >= 15 is 0 Å². The van der Waals surface area contributed by atoms with Gasteiger partial charge in [0.2, 0.25) is 0 Å². The van der Waals surface area contributed by atoms with Crippen LogP contribution in [-0.4, -0.2) is 4.68 Å². The highest BCUT2D eigenvalue weighted by Crippen LogP contribution is 2.17. The lowest BCUT2D eigenvalue weighted by molar-refractivity contribution is -0.657. The third kappa shape index (κ3) is 1.25. The van der Waals surface area contributed by atoms with Gasteiger partial charge in [-0.1, -0.05) is 11.6 Å². The summed E-state index contributed by atoms with van der Waals surface area (Å²) < 4.78 is 4.11. The van der Waals surface area contributed by atoms with Crippen molar-refractivity contribution in [3.63, 3.8) is 0 Å². The number of rotatable bonds is 0. The Bertz CT molecular complexity index is 579. The maximum atomic E-state index is 3.36. The van der Waals surface area contributed by atoms with E-state index in [1.54, 1.807) is 0 Å². The lowest BCUT2D eigenvalue weighted by Gasteiger charge is -2.05. The van der Waals surface area contributed by atoms with Gasteiger partial charge in [0.05, 0.1) is 0 Å². The van der Waals surface area contributed by atoms with Gasteiger partial charge in [-0.2, -0.15) is 0 Å². The summed E-state index contributed by atoms with van der Waals surface area (Å²) in [6.07, 6.45) is 6.29. The molecule has 1 aliphatic rings. The van der Waals surface area contributed by atoms with E-state index < -0.39 is 0 Å². The van der Waals surface area contributed by atoms with Crippen molar-refractivity contribution in [2.24, 2.45) is 0 Å². The van der Waals surface area contributed by atoms with Crippen LogP contribution in [0.4, 0.5) is 0 Å². The fourth-order valence-corrected chi connectivity index (χ4v) is 2.11. The number of fused-ring (bicyclic) bond motifs is 2. The molecule has 1 aliphatic heterocycles. The summed E-state index contributed by atoms with van der Waals surface area (Å²) in [5.74, 6) is 0. The van der Waals surface area contributed by atoms with E-state index in [2.05, 4.69) is 48.3 Å². The number of nitrogens with one attached hydrogen (secondary N) is 1. The number of aryl methyl sites for hydroxylation is 2. The number of aromatic nitrogens is 2. The van der Waals surface area contributed by atoms with Crippen molar-refractivity contribution < 1.29 is 4.68 Å². The van der Waals surface area contributed by atoms with Crippen molar-refractivity contribution in [2.45, 2.75) is 13.8 Å². The molecule has 2 aromatic rings. The summed E-state index contributed by atoms with van der Waals surface area (Å²) in [6.45, 7) is 4.23. The Morgan fingerprint density at radius 1 is 1.19 bits per heavy atom. The summed E-state index contributed by atoms with van der Waals surface area (Å²) >= 11 is 0. The van der Waals surface area contributed by atoms with E-state index in [-0.39, 0.29) is 0 Å². The molecule has 0 unspecified atom stereocenters. The second-order valence-electron chi connectivity index (χ2n) is 4.12. The molecule has 0 radical (unpaired) electrons. The van der Waals surface area contributed by atoms with Crippen molar-refractivity contribution in [3.8, 4) is 0 Å². The number of nitrogens with zero attached hydrogens (tertiary/aromatic N) is 2. The molecule has 0 fully saturated rings. The van der Waals surface area contributed by atoms with Crippen LogP contribution in [-0.2, 0) is 0 Å². The molecule has 1 N–H and O–H groups in total. The predicted molar refractivity (Wildman–Crippen MR) is 64.2 cm³/mol. The highest BCUT2D eigenvalue weighted by atomic mass is 15.7. The third-order valence-corrected chi connectivity index (χ3v) is 2.93. The smallest absolute Gasteiger partial charge is 0.135 e. The van der Waals surface area contributed by atoms with Crippen molar-refractivity contribution in [2.75, 3.05) is 5.53 Å². The van der Waals surface area contributed by atoms with Gasteiger partial charge in [-0.25, -0.2) is 0 Å². The van der Waals surface area contributed by atoms with E-state index in [1.165, 1.54) is 17.0 Å². The highest BCUT2D eigenvalue weighted by molar-refractivity contribution is 5.68. The van der Waals surface area contributed by atoms with Crippen LogP contribution in [0.3, 0.4) is 0 Å². The average Bonchev–Trinajstić information content (AvgIpc) is 2.49. The van der Waals surface area contributed by atoms with Crippen LogP contribution in [0.1, 0.15) is 22.6 Å². The highest BCUT2D eigenvalue weighted by Gasteiger charge is 2.18. The minimum Gasteiger partial charge on any atom is -0.135 e. The first-order chi connectivity index (χ1) is 7.75. The summed E-state index contributed by atoms with van der Waals surface area (Å²) in [7, 11) is 0. The molecule has 3 heteroatoms. The molecule has 0 saturated carbocycles. The fraction of sp³-hybridized carbons (Fsp3) is 0.154. The van der Waals surface area contributed by atoms with Gasteiger partial charge in [0.15, 0.2) is 11.4 Å². The number of hydrogen-bond donors (Lipinski definition) is 1. The minimum atomic E-state index is 1.14. The lowest BCUT2D eigenvalue weighted by atomic mass is 10.2. The van der Waals surface area contributed by atoms with Gasteiger partial charge in [-0.3, -0.25) is 0 Å². The maximum Gasteiger partial charge on any atom is 0.156 e. The fourth-order valence-electron chi connectivity index (χ4n) is 2.11. The minimum absolute atomic E-state index is 1.14. The summed E-state index contributed by atoms with van der Waals surface area (Å²) in [6, 6.07) is 8.32. The molecule has 3 nitrogen and oxygen atoms in total. The SMILES string of the molecule is Cc1cc(C)n2c1C=Cc1cccc[n+]1N2. The van der Waals surface area contributed by atoms with Crippen molar-refractivity contribution in [1.82, 2.24) is 4.68 Å². The quantitative estimate of drug-likeness (QED) is 0.564. The zero-order valence-corrected chi connectivity index (χ0v) is 9.44. The molecule has 0 amide bonds. The van der Waals surface area contributed by atoms with Gasteiger partial charge in [0, 0.05) is 12.5 Å². The lowest BCUT2D eigenvalue weighted by Crippen LogP contribution is -2.49. The molecular formula is C13H14N3+. The summed E-state index contributed by atoms with van der Waals surface area (Å²) in [4.78, 5) is 0. The molecular weight excluding hydrogens is 198 g/mol. The van der Waals surface area contributed by atoms with E-state index in [1.807, 2.05) is 23.0 Å². The molecule has 16 heavy (non-hydrogen) atoms. The Morgan fingerprint density at radius 2 is 2.06 bits per heavy atom. The molecule has 0 bridgehead atoms. The first-order valence-electron chi connectivity index (χ1n) is 5.40. The molecule has 0 aliphatic carbocycles. The second kappa shape index (κ2) is 3.23. The van der Waals surface area contributed by atoms with Gasteiger partial charge in [0.1, 0.15) is 11.9 Å². The van der Waals surface area contributed by atoms with Crippen molar-refractivity contribution in [3.05, 3.63) is 53.1 Å². The van der Waals surface area contributed by atoms with E-state index in [9.17, 15) is 0 Å². The Balaban J connectivity index is 2.22. The maximum absolute atomic E-state index is 3.36. The van der Waals surface area contributed by atoms with Gasteiger partial charge in [-0.05, 0) is 37.3 Å². The Morgan fingerprint density at radius 3 is 2.94 bits per heavy atom. The molecule has 0 aromatic carbocycles. The monoisotopic (exact) mass is 212 g/mol. The molecule has 0 atom stereocenters.